The molecule has 0 saturated carbocycles. The number of phenolic OH excluding ortho intramolecular Hbond substituents is 1. The molecule has 3 aliphatic rings. The molecule has 35 heavy (non-hydrogen) atoms. The molecule has 2 bridgehead atoms. The standard InChI is InChI=1S/C27H24N4O4/c1-27-25(34-2)16(28)10-19(35-27)30-17-8-7-12(32)9-14(17)21-22-15(11-29-26(22)33)20-13-5-3-4-6-18(13)31(27)24(20)23(21)30/h3-9,16,19,25,32H,10-11,28H2,1-2H3,(H,29,33)/t16-,19-,25-,27+/m1/s1. The summed E-state index contributed by atoms with van der Waals surface area (Å²) in [5.41, 5.74) is 11.4. The number of hydrogen-bond acceptors (Lipinski definition) is 5. The van der Waals surface area contributed by atoms with Crippen molar-refractivity contribution in [3.8, 4) is 5.75 Å². The van der Waals surface area contributed by atoms with E-state index in [2.05, 4.69) is 33.5 Å². The minimum Gasteiger partial charge on any atom is -0.508 e. The summed E-state index contributed by atoms with van der Waals surface area (Å²) in [6.45, 7) is 2.51. The van der Waals surface area contributed by atoms with Gasteiger partial charge in [0.05, 0.1) is 27.6 Å². The molecule has 8 heteroatoms. The number of nitrogens with two attached hydrogens (primary N) is 1. The van der Waals surface area contributed by atoms with Crippen LogP contribution in [0.2, 0.25) is 0 Å². The minimum absolute atomic E-state index is 0.0908. The molecule has 3 aromatic carbocycles. The van der Waals surface area contributed by atoms with Crippen molar-refractivity contribution < 1.29 is 19.4 Å². The van der Waals surface area contributed by atoms with Gasteiger partial charge in [-0.15, -0.1) is 0 Å². The lowest BCUT2D eigenvalue weighted by Crippen LogP contribution is -2.59. The van der Waals surface area contributed by atoms with Gasteiger partial charge in [0.15, 0.2) is 5.72 Å². The number of carbonyl (C=O) groups excluding carboxylic acids is 1. The van der Waals surface area contributed by atoms with Gasteiger partial charge in [-0.1, -0.05) is 18.2 Å². The summed E-state index contributed by atoms with van der Waals surface area (Å²) in [5.74, 6) is 0.0684. The van der Waals surface area contributed by atoms with Crippen LogP contribution in [0.4, 0.5) is 0 Å². The average Bonchev–Trinajstić information content (AvgIpc) is 3.46. The van der Waals surface area contributed by atoms with E-state index in [1.54, 1.807) is 19.2 Å². The van der Waals surface area contributed by atoms with Crippen molar-refractivity contribution in [2.75, 3.05) is 7.11 Å². The lowest BCUT2D eigenvalue weighted by molar-refractivity contribution is -0.252. The Hall–Kier alpha value is -3.59. The fourth-order valence-electron chi connectivity index (χ4n) is 7.15. The van der Waals surface area contributed by atoms with Crippen molar-refractivity contribution in [2.24, 2.45) is 5.73 Å². The molecule has 4 N–H and O–H groups in total. The molecule has 1 fully saturated rings. The van der Waals surface area contributed by atoms with Crippen molar-refractivity contribution in [2.45, 2.75) is 44.0 Å². The zero-order valence-electron chi connectivity index (χ0n) is 19.3. The second kappa shape index (κ2) is 6.15. The molecule has 176 valence electrons. The summed E-state index contributed by atoms with van der Waals surface area (Å²) in [5, 5.41) is 17.3. The van der Waals surface area contributed by atoms with E-state index in [-0.39, 0.29) is 30.0 Å². The van der Waals surface area contributed by atoms with E-state index in [1.807, 2.05) is 18.2 Å². The Morgan fingerprint density at radius 3 is 2.80 bits per heavy atom. The summed E-state index contributed by atoms with van der Waals surface area (Å²) in [6.07, 6.45) is -0.183. The Kier molecular flexibility index (Phi) is 3.46. The largest absolute Gasteiger partial charge is 0.508 e. The smallest absolute Gasteiger partial charge is 0.252 e. The Labute approximate surface area is 199 Å². The number of benzene rings is 3. The van der Waals surface area contributed by atoms with Crippen LogP contribution in [-0.4, -0.2) is 39.4 Å². The quantitative estimate of drug-likeness (QED) is 0.347. The zero-order valence-corrected chi connectivity index (χ0v) is 19.3. The summed E-state index contributed by atoms with van der Waals surface area (Å²) in [4.78, 5) is 13.3. The predicted molar refractivity (Wildman–Crippen MR) is 132 cm³/mol. The molecular formula is C27H24N4O4. The van der Waals surface area contributed by atoms with Crippen LogP contribution in [0.5, 0.6) is 5.75 Å². The third kappa shape index (κ3) is 2.09. The van der Waals surface area contributed by atoms with Crippen molar-refractivity contribution in [3.63, 3.8) is 0 Å². The van der Waals surface area contributed by atoms with Crippen molar-refractivity contribution >= 4 is 49.5 Å². The molecular weight excluding hydrogens is 444 g/mol. The first kappa shape index (κ1) is 19.7. The topological polar surface area (TPSA) is 104 Å². The maximum absolute atomic E-state index is 13.3. The molecule has 3 aliphatic heterocycles. The van der Waals surface area contributed by atoms with Gasteiger partial charge in [-0.2, -0.15) is 0 Å². The Morgan fingerprint density at radius 2 is 1.97 bits per heavy atom. The molecule has 8 nitrogen and oxygen atoms in total. The summed E-state index contributed by atoms with van der Waals surface area (Å²) >= 11 is 0. The molecule has 1 amide bonds. The number of methoxy groups -OCH3 is 1. The van der Waals surface area contributed by atoms with Gasteiger partial charge >= 0.3 is 0 Å². The lowest BCUT2D eigenvalue weighted by atomic mass is 9.93. The van der Waals surface area contributed by atoms with Crippen LogP contribution < -0.4 is 11.1 Å². The van der Waals surface area contributed by atoms with E-state index in [0.29, 0.717) is 18.5 Å². The Balaban J connectivity index is 1.74. The predicted octanol–water partition coefficient (Wildman–Crippen LogP) is 3.80. The van der Waals surface area contributed by atoms with E-state index in [9.17, 15) is 9.90 Å². The number of hydrogen-bond donors (Lipinski definition) is 3. The highest BCUT2D eigenvalue weighted by molar-refractivity contribution is 6.31. The van der Waals surface area contributed by atoms with E-state index in [4.69, 9.17) is 15.2 Å². The van der Waals surface area contributed by atoms with Gasteiger partial charge in [0.1, 0.15) is 18.1 Å². The first-order valence-electron chi connectivity index (χ1n) is 11.9. The number of nitrogens with zero attached hydrogens (tertiary/aromatic N) is 2. The second-order valence-corrected chi connectivity index (χ2v) is 10.1. The monoisotopic (exact) mass is 468 g/mol. The molecule has 4 atom stereocenters. The van der Waals surface area contributed by atoms with Crippen molar-refractivity contribution in [3.05, 3.63) is 53.6 Å². The third-order valence-corrected chi connectivity index (χ3v) is 8.34. The van der Waals surface area contributed by atoms with Crippen LogP contribution in [0.3, 0.4) is 0 Å². The lowest BCUT2D eigenvalue weighted by Gasteiger charge is -2.47. The highest BCUT2D eigenvalue weighted by Gasteiger charge is 2.52. The number of aromatic nitrogens is 2. The molecule has 1 saturated heterocycles. The maximum Gasteiger partial charge on any atom is 0.252 e. The number of carbonyl (C=O) groups is 1. The number of amides is 1. The van der Waals surface area contributed by atoms with E-state index >= 15 is 0 Å². The molecule has 2 aromatic heterocycles. The number of rotatable bonds is 1. The molecule has 0 aliphatic carbocycles. The maximum atomic E-state index is 13.3. The first-order chi connectivity index (χ1) is 16.9. The molecule has 0 unspecified atom stereocenters. The third-order valence-electron chi connectivity index (χ3n) is 8.34. The molecule has 0 radical (unpaired) electrons. The van der Waals surface area contributed by atoms with E-state index in [1.165, 1.54) is 0 Å². The molecule has 5 heterocycles. The second-order valence-electron chi connectivity index (χ2n) is 10.1. The van der Waals surface area contributed by atoms with Crippen molar-refractivity contribution in [1.29, 1.82) is 0 Å². The Bertz CT molecular complexity index is 1780. The van der Waals surface area contributed by atoms with Crippen LogP contribution in [0.1, 0.15) is 35.5 Å². The SMILES string of the molecule is CO[C@@H]1[C@H](N)C[C@H]2O[C@]1(C)n1c3ccccc3c3c4c(c5c6cc(O)ccc6n2c5c31)C(=O)NC4. The first-order valence-corrected chi connectivity index (χ1v) is 11.9. The minimum atomic E-state index is -0.877. The van der Waals surface area contributed by atoms with E-state index < -0.39 is 5.72 Å². The normalized spacial score (nSPS) is 27.3. The summed E-state index contributed by atoms with van der Waals surface area (Å²) < 4.78 is 17.4. The van der Waals surface area contributed by atoms with Crippen LogP contribution in [-0.2, 0) is 21.7 Å². The fraction of sp³-hybridized carbons (Fsp3) is 0.296. The molecule has 5 aromatic rings. The van der Waals surface area contributed by atoms with Crippen LogP contribution in [0.15, 0.2) is 42.5 Å². The van der Waals surface area contributed by atoms with Gasteiger partial charge in [0, 0.05) is 47.7 Å². The number of aromatic hydroxyl groups is 1. The summed E-state index contributed by atoms with van der Waals surface area (Å²) in [6, 6.07) is 13.3. The number of nitrogens with one attached hydrogen (secondary N) is 1. The van der Waals surface area contributed by atoms with Gasteiger partial charge in [0.2, 0.25) is 0 Å². The number of fused-ring (bicyclic) bond motifs is 13. The summed E-state index contributed by atoms with van der Waals surface area (Å²) in [7, 11) is 1.69. The van der Waals surface area contributed by atoms with Crippen molar-refractivity contribution in [1.82, 2.24) is 14.5 Å². The van der Waals surface area contributed by atoms with Gasteiger partial charge in [-0.05, 0) is 36.8 Å². The highest BCUT2D eigenvalue weighted by atomic mass is 16.6. The Morgan fingerprint density at radius 1 is 1.14 bits per heavy atom. The van der Waals surface area contributed by atoms with Gasteiger partial charge in [-0.25, -0.2) is 0 Å². The van der Waals surface area contributed by atoms with Gasteiger partial charge in [-0.3, -0.25) is 4.79 Å². The number of phenols is 1. The van der Waals surface area contributed by atoms with Crippen LogP contribution in [0, 0.1) is 0 Å². The molecule has 0 spiro atoms. The van der Waals surface area contributed by atoms with Gasteiger partial charge in [0.25, 0.3) is 5.91 Å². The van der Waals surface area contributed by atoms with Crippen LogP contribution >= 0.6 is 0 Å². The highest BCUT2D eigenvalue weighted by Crippen LogP contribution is 2.53. The van der Waals surface area contributed by atoms with Crippen LogP contribution in [0.25, 0.3) is 43.6 Å². The molecule has 8 rings (SSSR count). The fourth-order valence-corrected chi connectivity index (χ4v) is 7.15. The number of ether oxygens (including phenoxy) is 2. The van der Waals surface area contributed by atoms with E-state index in [0.717, 1.165) is 49.2 Å². The van der Waals surface area contributed by atoms with Gasteiger partial charge < -0.3 is 34.8 Å². The number of para-hydroxylation sites is 1. The average molecular weight is 469 g/mol. The zero-order chi connectivity index (χ0) is 23.8.